The molecule has 0 atom stereocenters. The summed E-state index contributed by atoms with van der Waals surface area (Å²) in [6, 6.07) is 13.9. The molecule has 0 unspecified atom stereocenters. The van der Waals surface area contributed by atoms with Gasteiger partial charge in [-0.05, 0) is 22.9 Å². The van der Waals surface area contributed by atoms with Gasteiger partial charge in [0.25, 0.3) is 0 Å². The van der Waals surface area contributed by atoms with E-state index in [1.807, 2.05) is 42.5 Å². The van der Waals surface area contributed by atoms with Crippen LogP contribution in [0.2, 0.25) is 0 Å². The summed E-state index contributed by atoms with van der Waals surface area (Å²) in [4.78, 5) is 26.5. The lowest BCUT2D eigenvalue weighted by molar-refractivity contribution is -0.304. The van der Waals surface area contributed by atoms with Gasteiger partial charge < -0.3 is 20.0 Å². The Morgan fingerprint density at radius 1 is 1.12 bits per heavy atom. The molecule has 0 aliphatic heterocycles. The van der Waals surface area contributed by atoms with Crippen LogP contribution in [0, 0.1) is 0 Å². The summed E-state index contributed by atoms with van der Waals surface area (Å²) in [7, 11) is 0. The van der Waals surface area contributed by atoms with Crippen LogP contribution < -0.4 is 15.2 Å². The Kier molecular flexibility index (Phi) is 5.80. The number of rotatable bonds is 8. The third kappa shape index (κ3) is 5.03. The smallest absolute Gasteiger partial charge is 0.226 e. The van der Waals surface area contributed by atoms with Crippen LogP contribution in [0.25, 0.3) is 10.8 Å². The van der Waals surface area contributed by atoms with Gasteiger partial charge in [-0.15, -0.1) is 11.3 Å². The molecule has 0 bridgehead atoms. The molecule has 134 valence electrons. The highest BCUT2D eigenvalue weighted by molar-refractivity contribution is 7.09. The van der Waals surface area contributed by atoms with Crippen molar-refractivity contribution in [2.75, 3.05) is 13.2 Å². The SMILES string of the molecule is O=C([O-])Cc1csc(CC(=O)NCCOc2ccc3ccccc3c2)n1. The van der Waals surface area contributed by atoms with Gasteiger partial charge in [0.15, 0.2) is 0 Å². The van der Waals surface area contributed by atoms with Crippen molar-refractivity contribution in [1.82, 2.24) is 10.3 Å². The van der Waals surface area contributed by atoms with E-state index in [0.717, 1.165) is 16.5 Å². The zero-order valence-corrected chi connectivity index (χ0v) is 14.8. The lowest BCUT2D eigenvalue weighted by atomic mass is 10.1. The maximum atomic E-state index is 11.9. The number of hydrogen-bond donors (Lipinski definition) is 1. The van der Waals surface area contributed by atoms with Gasteiger partial charge in [-0.2, -0.15) is 0 Å². The van der Waals surface area contributed by atoms with Crippen LogP contribution in [0.4, 0.5) is 0 Å². The fourth-order valence-corrected chi connectivity index (χ4v) is 3.27. The molecule has 1 aromatic heterocycles. The zero-order chi connectivity index (χ0) is 18.4. The summed E-state index contributed by atoms with van der Waals surface area (Å²) in [6.45, 7) is 0.737. The second-order valence-corrected chi connectivity index (χ2v) is 6.61. The van der Waals surface area contributed by atoms with Crippen molar-refractivity contribution >= 4 is 34.0 Å². The number of nitrogens with zero attached hydrogens (tertiary/aromatic N) is 1. The maximum absolute atomic E-state index is 11.9. The van der Waals surface area contributed by atoms with Crippen LogP contribution in [0.1, 0.15) is 10.7 Å². The molecule has 6 nitrogen and oxygen atoms in total. The molecule has 7 heteroatoms. The van der Waals surface area contributed by atoms with Gasteiger partial charge in [0, 0.05) is 17.8 Å². The molecule has 1 N–H and O–H groups in total. The Labute approximate surface area is 154 Å². The molecule has 0 spiro atoms. The lowest BCUT2D eigenvalue weighted by Gasteiger charge is -2.08. The number of carboxylic acid groups (broad SMARTS) is 1. The minimum Gasteiger partial charge on any atom is -0.550 e. The Hall–Kier alpha value is -2.93. The minimum atomic E-state index is -1.18. The molecule has 1 amide bonds. The molecule has 26 heavy (non-hydrogen) atoms. The Balaban J connectivity index is 1.41. The van der Waals surface area contributed by atoms with Gasteiger partial charge in [0.2, 0.25) is 5.91 Å². The molecule has 0 saturated carbocycles. The predicted molar refractivity (Wildman–Crippen MR) is 97.0 cm³/mol. The number of nitrogens with one attached hydrogen (secondary N) is 1. The van der Waals surface area contributed by atoms with Crippen LogP contribution in [0.3, 0.4) is 0 Å². The van der Waals surface area contributed by atoms with Gasteiger partial charge >= 0.3 is 0 Å². The minimum absolute atomic E-state index is 0.119. The molecule has 3 rings (SSSR count). The van der Waals surface area contributed by atoms with E-state index in [2.05, 4.69) is 10.3 Å². The average Bonchev–Trinajstić information content (AvgIpc) is 3.04. The van der Waals surface area contributed by atoms with Crippen molar-refractivity contribution in [2.45, 2.75) is 12.8 Å². The van der Waals surface area contributed by atoms with Gasteiger partial charge in [0.05, 0.1) is 18.7 Å². The van der Waals surface area contributed by atoms with Gasteiger partial charge in [0.1, 0.15) is 17.4 Å². The molecule has 0 saturated heterocycles. The number of carboxylic acids is 1. The molecule has 0 fully saturated rings. The van der Waals surface area contributed by atoms with Crippen LogP contribution in [0.5, 0.6) is 5.75 Å². The van der Waals surface area contributed by atoms with E-state index in [4.69, 9.17) is 4.74 Å². The summed E-state index contributed by atoms with van der Waals surface area (Å²) >= 11 is 1.26. The highest BCUT2D eigenvalue weighted by atomic mass is 32.1. The van der Waals surface area contributed by atoms with E-state index < -0.39 is 5.97 Å². The summed E-state index contributed by atoms with van der Waals surface area (Å²) in [5.41, 5.74) is 0.414. The molecular formula is C19H17N2O4S-. The van der Waals surface area contributed by atoms with Crippen molar-refractivity contribution < 1.29 is 19.4 Å². The van der Waals surface area contributed by atoms with Crippen molar-refractivity contribution in [3.05, 3.63) is 58.5 Å². The molecular weight excluding hydrogens is 352 g/mol. The number of hydrogen-bond acceptors (Lipinski definition) is 6. The summed E-state index contributed by atoms with van der Waals surface area (Å²) < 4.78 is 5.66. The van der Waals surface area contributed by atoms with Crippen molar-refractivity contribution in [1.29, 1.82) is 0 Å². The largest absolute Gasteiger partial charge is 0.550 e. The highest BCUT2D eigenvalue weighted by Crippen LogP contribution is 2.20. The van der Waals surface area contributed by atoms with E-state index in [9.17, 15) is 14.7 Å². The molecule has 0 aliphatic carbocycles. The molecule has 0 aliphatic rings. The van der Waals surface area contributed by atoms with Gasteiger partial charge in [-0.1, -0.05) is 30.3 Å². The van der Waals surface area contributed by atoms with Crippen LogP contribution in [0.15, 0.2) is 47.8 Å². The first-order valence-electron chi connectivity index (χ1n) is 8.11. The molecule has 1 heterocycles. The monoisotopic (exact) mass is 369 g/mol. The number of benzene rings is 2. The van der Waals surface area contributed by atoms with E-state index in [0.29, 0.717) is 23.9 Å². The van der Waals surface area contributed by atoms with Gasteiger partial charge in [-0.3, -0.25) is 4.79 Å². The van der Waals surface area contributed by atoms with Gasteiger partial charge in [-0.25, -0.2) is 4.98 Å². The topological polar surface area (TPSA) is 91.3 Å². The first-order chi connectivity index (χ1) is 12.6. The second kappa shape index (κ2) is 8.44. The summed E-state index contributed by atoms with van der Waals surface area (Å²) in [5.74, 6) is -0.608. The van der Waals surface area contributed by atoms with Crippen LogP contribution in [-0.2, 0) is 22.4 Å². The van der Waals surface area contributed by atoms with Crippen molar-refractivity contribution in [2.24, 2.45) is 0 Å². The van der Waals surface area contributed by atoms with E-state index in [-0.39, 0.29) is 18.7 Å². The fourth-order valence-electron chi connectivity index (χ4n) is 2.48. The lowest BCUT2D eigenvalue weighted by Crippen LogP contribution is -2.29. The molecule has 2 aromatic carbocycles. The van der Waals surface area contributed by atoms with E-state index in [1.54, 1.807) is 5.38 Å². The second-order valence-electron chi connectivity index (χ2n) is 5.67. The fraction of sp³-hybridized carbons (Fsp3) is 0.211. The predicted octanol–water partition coefficient (Wildman–Crippen LogP) is 1.33. The maximum Gasteiger partial charge on any atom is 0.226 e. The Bertz CT molecular complexity index is 923. The van der Waals surface area contributed by atoms with Crippen LogP contribution in [-0.4, -0.2) is 30.0 Å². The third-order valence-electron chi connectivity index (χ3n) is 3.65. The number of aliphatic carboxylic acids is 1. The van der Waals surface area contributed by atoms with Crippen LogP contribution >= 0.6 is 11.3 Å². The number of aromatic nitrogens is 1. The first-order valence-corrected chi connectivity index (χ1v) is 8.99. The quantitative estimate of drug-likeness (QED) is 0.605. The number of amides is 1. The summed E-state index contributed by atoms with van der Waals surface area (Å²) in [6.07, 6.45) is -0.120. The van der Waals surface area contributed by atoms with Crippen molar-refractivity contribution in [3.8, 4) is 5.75 Å². The standard InChI is InChI=1S/C19H18N2O4S/c22-17(11-18-21-15(12-26-18)10-19(23)24)20-7-8-25-16-6-5-13-3-1-2-4-14(13)9-16/h1-6,9,12H,7-8,10-11H2,(H,20,22)(H,23,24)/p-1. The number of carbonyl (C=O) groups is 2. The Morgan fingerprint density at radius 2 is 1.92 bits per heavy atom. The number of carbonyl (C=O) groups excluding carboxylic acids is 2. The highest BCUT2D eigenvalue weighted by Gasteiger charge is 2.08. The molecule has 3 aromatic rings. The third-order valence-corrected chi connectivity index (χ3v) is 4.55. The summed E-state index contributed by atoms with van der Waals surface area (Å²) in [5, 5.41) is 17.7. The average molecular weight is 369 g/mol. The number of ether oxygens (including phenoxy) is 1. The number of fused-ring (bicyclic) bond motifs is 1. The normalized spacial score (nSPS) is 10.6. The van der Waals surface area contributed by atoms with Crippen molar-refractivity contribution in [3.63, 3.8) is 0 Å². The molecule has 0 radical (unpaired) electrons. The zero-order valence-electron chi connectivity index (χ0n) is 13.9. The van der Waals surface area contributed by atoms with E-state index >= 15 is 0 Å². The van der Waals surface area contributed by atoms with E-state index in [1.165, 1.54) is 11.3 Å². The Morgan fingerprint density at radius 3 is 2.73 bits per heavy atom. The number of thiazole rings is 1. The first kappa shape index (κ1) is 17.9.